The second-order valence-corrected chi connectivity index (χ2v) is 9.12. The van der Waals surface area contributed by atoms with Crippen LogP contribution in [0.2, 0.25) is 0 Å². The molecule has 0 saturated carbocycles. The second-order valence-electron chi connectivity index (χ2n) is 9.12. The third kappa shape index (κ3) is 5.22. The number of piperidine rings is 1. The van der Waals surface area contributed by atoms with Crippen molar-refractivity contribution in [3.05, 3.63) is 65.2 Å². The van der Waals surface area contributed by atoms with E-state index >= 15 is 0 Å². The van der Waals surface area contributed by atoms with Crippen molar-refractivity contribution < 1.29 is 28.6 Å². The molecule has 2 heterocycles. The van der Waals surface area contributed by atoms with Crippen LogP contribution in [0.1, 0.15) is 39.1 Å². The Balaban J connectivity index is 1.53. The average Bonchev–Trinajstić information content (AvgIpc) is 3.27. The maximum Gasteiger partial charge on any atom is 0.256 e. The number of methoxy groups -OCH3 is 2. The van der Waals surface area contributed by atoms with Crippen LogP contribution in [0.25, 0.3) is 0 Å². The first-order valence-electron chi connectivity index (χ1n) is 12.1. The standard InChI is InChI=1S/C27H33N3O6/c1-19-4-6-21(7-5-19)26(33)30-23(24(31)28-14-17-34-2)18-36-27(30)12-15-29(16-13-27)25(32)20-8-10-22(35-3)11-9-20/h4-11,23H,12-18H2,1-3H3,(H,28,31)/t23-/m0/s1. The zero-order chi connectivity index (χ0) is 25.7. The van der Waals surface area contributed by atoms with E-state index in [-0.39, 0.29) is 24.3 Å². The Labute approximate surface area is 211 Å². The number of hydrogen-bond donors (Lipinski definition) is 1. The molecular weight excluding hydrogens is 462 g/mol. The van der Waals surface area contributed by atoms with Crippen LogP contribution in [0.15, 0.2) is 48.5 Å². The molecule has 9 heteroatoms. The molecule has 9 nitrogen and oxygen atoms in total. The molecule has 2 aliphatic heterocycles. The summed E-state index contributed by atoms with van der Waals surface area (Å²) in [6.45, 7) is 3.58. The Morgan fingerprint density at radius 2 is 1.58 bits per heavy atom. The van der Waals surface area contributed by atoms with Crippen LogP contribution in [0.4, 0.5) is 0 Å². The molecule has 36 heavy (non-hydrogen) atoms. The Morgan fingerprint density at radius 1 is 0.972 bits per heavy atom. The van der Waals surface area contributed by atoms with Gasteiger partial charge < -0.3 is 24.4 Å². The Hall–Kier alpha value is -3.43. The van der Waals surface area contributed by atoms with Crippen LogP contribution in [0.3, 0.4) is 0 Å². The summed E-state index contributed by atoms with van der Waals surface area (Å²) in [5.74, 6) is 0.0646. The maximum atomic E-state index is 13.7. The largest absolute Gasteiger partial charge is 0.497 e. The summed E-state index contributed by atoms with van der Waals surface area (Å²) in [4.78, 5) is 43.2. The predicted octanol–water partition coefficient (Wildman–Crippen LogP) is 2.24. The van der Waals surface area contributed by atoms with E-state index in [0.29, 0.717) is 56.0 Å². The number of ether oxygens (including phenoxy) is 3. The van der Waals surface area contributed by atoms with E-state index in [4.69, 9.17) is 14.2 Å². The van der Waals surface area contributed by atoms with E-state index in [9.17, 15) is 14.4 Å². The van der Waals surface area contributed by atoms with Gasteiger partial charge in [0.25, 0.3) is 11.8 Å². The first-order chi connectivity index (χ1) is 17.4. The molecular formula is C27H33N3O6. The highest BCUT2D eigenvalue weighted by Gasteiger charge is 2.54. The van der Waals surface area contributed by atoms with Crippen molar-refractivity contribution in [3.63, 3.8) is 0 Å². The lowest BCUT2D eigenvalue weighted by Gasteiger charge is -2.44. The Morgan fingerprint density at radius 3 is 2.19 bits per heavy atom. The summed E-state index contributed by atoms with van der Waals surface area (Å²) in [6.07, 6.45) is 0.822. The summed E-state index contributed by atoms with van der Waals surface area (Å²) in [6, 6.07) is 13.5. The highest BCUT2D eigenvalue weighted by molar-refractivity contribution is 5.98. The van der Waals surface area contributed by atoms with Crippen molar-refractivity contribution in [2.45, 2.75) is 31.5 Å². The van der Waals surface area contributed by atoms with Crippen LogP contribution >= 0.6 is 0 Å². The summed E-state index contributed by atoms with van der Waals surface area (Å²) in [7, 11) is 3.14. The molecule has 0 aliphatic carbocycles. The number of benzene rings is 2. The molecule has 0 radical (unpaired) electrons. The van der Waals surface area contributed by atoms with Crippen LogP contribution in [0, 0.1) is 6.92 Å². The topological polar surface area (TPSA) is 97.4 Å². The van der Waals surface area contributed by atoms with Crippen molar-refractivity contribution in [2.24, 2.45) is 0 Å². The van der Waals surface area contributed by atoms with Gasteiger partial charge in [-0.2, -0.15) is 0 Å². The molecule has 4 rings (SSSR count). The van der Waals surface area contributed by atoms with Crippen LogP contribution in [-0.4, -0.2) is 86.4 Å². The zero-order valence-electron chi connectivity index (χ0n) is 21.0. The van der Waals surface area contributed by atoms with Crippen LogP contribution in [0.5, 0.6) is 5.75 Å². The van der Waals surface area contributed by atoms with E-state index < -0.39 is 11.8 Å². The minimum absolute atomic E-state index is 0.0873. The number of rotatable bonds is 7. The molecule has 0 bridgehead atoms. The van der Waals surface area contributed by atoms with Crippen molar-refractivity contribution in [1.82, 2.24) is 15.1 Å². The predicted molar refractivity (Wildman–Crippen MR) is 133 cm³/mol. The number of nitrogens with zero attached hydrogens (tertiary/aromatic N) is 2. The number of likely N-dealkylation sites (tertiary alicyclic amines) is 1. The van der Waals surface area contributed by atoms with E-state index in [1.807, 2.05) is 19.1 Å². The zero-order valence-corrected chi connectivity index (χ0v) is 21.0. The molecule has 1 spiro atoms. The fourth-order valence-corrected chi connectivity index (χ4v) is 4.77. The molecule has 2 aromatic rings. The number of amides is 3. The molecule has 2 aliphatic rings. The SMILES string of the molecule is COCCNC(=O)[C@@H]1COC2(CCN(C(=O)c3ccc(OC)cc3)CC2)N1C(=O)c1ccc(C)cc1. The van der Waals surface area contributed by atoms with Crippen molar-refractivity contribution in [3.8, 4) is 5.75 Å². The van der Waals surface area contributed by atoms with Gasteiger partial charge in [-0.1, -0.05) is 17.7 Å². The molecule has 2 fully saturated rings. The van der Waals surface area contributed by atoms with Gasteiger partial charge in [-0.25, -0.2) is 0 Å². The molecule has 1 atom stereocenters. The summed E-state index contributed by atoms with van der Waals surface area (Å²) < 4.78 is 16.4. The van der Waals surface area contributed by atoms with E-state index in [0.717, 1.165) is 5.56 Å². The molecule has 2 aromatic carbocycles. The number of carbonyl (C=O) groups is 3. The molecule has 192 valence electrons. The van der Waals surface area contributed by atoms with Gasteiger partial charge in [0.2, 0.25) is 5.91 Å². The average molecular weight is 496 g/mol. The first-order valence-corrected chi connectivity index (χ1v) is 12.1. The van der Waals surface area contributed by atoms with Gasteiger partial charge in [0.15, 0.2) is 0 Å². The lowest BCUT2D eigenvalue weighted by atomic mass is 9.96. The number of nitrogens with one attached hydrogen (secondary N) is 1. The quantitative estimate of drug-likeness (QED) is 0.592. The van der Waals surface area contributed by atoms with Crippen molar-refractivity contribution in [2.75, 3.05) is 47.1 Å². The fourth-order valence-electron chi connectivity index (χ4n) is 4.77. The molecule has 2 saturated heterocycles. The van der Waals surface area contributed by atoms with Gasteiger partial charge in [-0.05, 0) is 43.3 Å². The lowest BCUT2D eigenvalue weighted by molar-refractivity contribution is -0.128. The van der Waals surface area contributed by atoms with Gasteiger partial charge in [0.1, 0.15) is 17.5 Å². The van der Waals surface area contributed by atoms with Gasteiger partial charge in [0.05, 0.1) is 20.3 Å². The fraction of sp³-hybridized carbons (Fsp3) is 0.444. The Kier molecular flexibility index (Phi) is 7.91. The smallest absolute Gasteiger partial charge is 0.256 e. The number of carbonyl (C=O) groups excluding carboxylic acids is 3. The number of aryl methyl sites for hydroxylation is 1. The highest BCUT2D eigenvalue weighted by Crippen LogP contribution is 2.39. The monoisotopic (exact) mass is 495 g/mol. The summed E-state index contributed by atoms with van der Waals surface area (Å²) >= 11 is 0. The van der Waals surface area contributed by atoms with Crippen LogP contribution in [-0.2, 0) is 14.3 Å². The third-order valence-electron chi connectivity index (χ3n) is 6.85. The maximum absolute atomic E-state index is 13.7. The number of hydrogen-bond acceptors (Lipinski definition) is 6. The van der Waals surface area contributed by atoms with Crippen LogP contribution < -0.4 is 10.1 Å². The van der Waals surface area contributed by atoms with Gasteiger partial charge >= 0.3 is 0 Å². The van der Waals surface area contributed by atoms with Gasteiger partial charge in [-0.3, -0.25) is 19.3 Å². The van der Waals surface area contributed by atoms with E-state index in [1.54, 1.807) is 60.4 Å². The van der Waals surface area contributed by atoms with Crippen molar-refractivity contribution >= 4 is 17.7 Å². The third-order valence-corrected chi connectivity index (χ3v) is 6.85. The molecule has 0 aromatic heterocycles. The van der Waals surface area contributed by atoms with E-state index in [1.165, 1.54) is 0 Å². The molecule has 0 unspecified atom stereocenters. The normalized spacial score (nSPS) is 18.8. The van der Waals surface area contributed by atoms with Gasteiger partial charge in [0, 0.05) is 50.7 Å². The minimum atomic E-state index is -0.956. The van der Waals surface area contributed by atoms with E-state index in [2.05, 4.69) is 5.32 Å². The lowest BCUT2D eigenvalue weighted by Crippen LogP contribution is -2.60. The molecule has 1 N–H and O–H groups in total. The molecule has 3 amide bonds. The minimum Gasteiger partial charge on any atom is -0.497 e. The van der Waals surface area contributed by atoms with Gasteiger partial charge in [-0.15, -0.1) is 0 Å². The summed E-state index contributed by atoms with van der Waals surface area (Å²) in [5.41, 5.74) is 1.15. The Bertz CT molecular complexity index is 1080. The van der Waals surface area contributed by atoms with Crippen molar-refractivity contribution in [1.29, 1.82) is 0 Å². The highest BCUT2D eigenvalue weighted by atomic mass is 16.5. The second kappa shape index (κ2) is 11.1. The summed E-state index contributed by atoms with van der Waals surface area (Å²) in [5, 5.41) is 2.84. The first kappa shape index (κ1) is 25.7.